The topological polar surface area (TPSA) is 26.8 Å². The first-order chi connectivity index (χ1) is 16.6. The zero-order valence-corrected chi connectivity index (χ0v) is 21.1. The van der Waals surface area contributed by atoms with Crippen LogP contribution in [-0.4, -0.2) is 55.6 Å². The van der Waals surface area contributed by atoms with Crippen LogP contribution in [0.15, 0.2) is 85.6 Å². The molecule has 4 rings (SSSR count). The van der Waals surface area contributed by atoms with E-state index < -0.39 is 0 Å². The van der Waals surface area contributed by atoms with Crippen LogP contribution in [0.3, 0.4) is 0 Å². The fourth-order valence-corrected chi connectivity index (χ4v) is 4.27. The average Bonchev–Trinajstić information content (AvgIpc) is 2.91. The maximum absolute atomic E-state index is 12.9. The number of carbonyl (C=O) groups is 1. The molecule has 0 bridgehead atoms. The number of rotatable bonds is 6. The number of aldehydes is 1. The van der Waals surface area contributed by atoms with Crippen molar-refractivity contribution in [1.29, 1.82) is 0 Å². The molecule has 0 aromatic heterocycles. The highest BCUT2D eigenvalue weighted by molar-refractivity contribution is 7.99. The minimum absolute atomic E-state index is 0.234. The molecule has 1 fully saturated rings. The second-order valence-corrected chi connectivity index (χ2v) is 8.76. The van der Waals surface area contributed by atoms with Crippen molar-refractivity contribution in [2.24, 2.45) is 0 Å². The van der Waals surface area contributed by atoms with Gasteiger partial charge < -0.3 is 14.1 Å². The van der Waals surface area contributed by atoms with Gasteiger partial charge in [-0.2, -0.15) is 0 Å². The van der Waals surface area contributed by atoms with E-state index in [0.29, 0.717) is 12.1 Å². The maximum atomic E-state index is 12.9. The van der Waals surface area contributed by atoms with E-state index in [0.717, 1.165) is 17.5 Å². The Labute approximate surface area is 208 Å². The van der Waals surface area contributed by atoms with E-state index in [1.54, 1.807) is 30.1 Å². The molecule has 0 saturated carbocycles. The van der Waals surface area contributed by atoms with Crippen molar-refractivity contribution in [2.45, 2.75) is 19.4 Å². The molecule has 1 saturated heterocycles. The third-order valence-corrected chi connectivity index (χ3v) is 6.38. The summed E-state index contributed by atoms with van der Waals surface area (Å²) in [5.74, 6) is -0.234. The third-order valence-electron chi connectivity index (χ3n) is 5.60. The van der Waals surface area contributed by atoms with Crippen LogP contribution in [0, 0.1) is 5.82 Å². The summed E-state index contributed by atoms with van der Waals surface area (Å²) >= 11 is 1.56. The first-order valence-electron chi connectivity index (χ1n) is 11.5. The van der Waals surface area contributed by atoms with Crippen LogP contribution in [-0.2, 0) is 6.54 Å². The molecular weight excluding hydrogens is 445 g/mol. The number of halogens is 1. The predicted octanol–water partition coefficient (Wildman–Crippen LogP) is 6.19. The lowest BCUT2D eigenvalue weighted by molar-refractivity contribution is 0.112. The van der Waals surface area contributed by atoms with Gasteiger partial charge in [0.15, 0.2) is 0 Å². The summed E-state index contributed by atoms with van der Waals surface area (Å²) in [7, 11) is 2.20. The van der Waals surface area contributed by atoms with Crippen LogP contribution >= 0.6 is 11.9 Å². The van der Waals surface area contributed by atoms with E-state index in [-0.39, 0.29) is 5.82 Å². The van der Waals surface area contributed by atoms with Gasteiger partial charge in [-0.3, -0.25) is 4.79 Å². The van der Waals surface area contributed by atoms with E-state index in [2.05, 4.69) is 52.5 Å². The van der Waals surface area contributed by atoms with Crippen LogP contribution in [0.25, 0.3) is 0 Å². The van der Waals surface area contributed by atoms with Crippen molar-refractivity contribution in [3.05, 3.63) is 103 Å². The average molecular weight is 482 g/mol. The van der Waals surface area contributed by atoms with E-state index >= 15 is 0 Å². The highest BCUT2D eigenvalue weighted by Gasteiger charge is 2.15. The Morgan fingerprint density at radius 1 is 1.06 bits per heavy atom. The number of allylic oxidation sites excluding steroid dienone is 3. The third kappa shape index (κ3) is 8.84. The number of nitrogens with zero attached hydrogens (tertiary/aromatic N) is 3. The molecular formula is C28H36FN3OS. The minimum Gasteiger partial charge on any atom is -0.369 e. The second-order valence-electron chi connectivity index (χ2n) is 7.96. The first-order valence-corrected chi connectivity index (χ1v) is 12.7. The largest absolute Gasteiger partial charge is 0.369 e. The fourth-order valence-electron chi connectivity index (χ4n) is 3.67. The van der Waals surface area contributed by atoms with Gasteiger partial charge in [0.25, 0.3) is 0 Å². The molecule has 0 amide bonds. The predicted molar refractivity (Wildman–Crippen MR) is 145 cm³/mol. The van der Waals surface area contributed by atoms with Gasteiger partial charge >= 0.3 is 0 Å². The minimum atomic E-state index is -0.234. The maximum Gasteiger partial charge on any atom is 0.150 e. The molecule has 2 aliphatic rings. The molecule has 34 heavy (non-hydrogen) atoms. The van der Waals surface area contributed by atoms with E-state index in [1.165, 1.54) is 56.9 Å². The van der Waals surface area contributed by atoms with Gasteiger partial charge in [0.1, 0.15) is 12.1 Å². The monoisotopic (exact) mass is 481 g/mol. The molecule has 1 aliphatic heterocycles. The van der Waals surface area contributed by atoms with Crippen molar-refractivity contribution >= 4 is 23.9 Å². The lowest BCUT2D eigenvalue weighted by Crippen LogP contribution is -2.43. The van der Waals surface area contributed by atoms with Gasteiger partial charge in [-0.15, -0.1) is 13.2 Å². The molecule has 6 heteroatoms. The molecule has 0 unspecified atom stereocenters. The normalized spacial score (nSPS) is 15.3. The Hall–Kier alpha value is -2.83. The number of benzene rings is 2. The molecule has 2 aromatic carbocycles. The molecule has 4 nitrogen and oxygen atoms in total. The van der Waals surface area contributed by atoms with Crippen molar-refractivity contribution in [2.75, 3.05) is 43.8 Å². The molecule has 0 N–H and O–H groups in total. The van der Waals surface area contributed by atoms with Crippen LogP contribution in [0.4, 0.5) is 10.1 Å². The number of carbonyl (C=O) groups excluding carboxylic acids is 1. The molecule has 2 aromatic rings. The smallest absolute Gasteiger partial charge is 0.150 e. The van der Waals surface area contributed by atoms with Gasteiger partial charge in [-0.25, -0.2) is 4.39 Å². The Kier molecular flexibility index (Phi) is 12.2. The highest BCUT2D eigenvalue weighted by atomic mass is 32.2. The lowest BCUT2D eigenvalue weighted by atomic mass is 10.1. The van der Waals surface area contributed by atoms with Crippen molar-refractivity contribution in [1.82, 2.24) is 9.80 Å². The standard InChI is InChI=1S/C15H14FNOS.C11H18N2.C2H4/c1-19-17(10-12-5-7-14(16)8-6-12)15-4-2-3-13(9-15)11-18;1-12-7-9-13(10-8-12)11-5-3-2-4-6-11;1-2/h2-9,11H,10H2,1H3;3,5-6H,2,4,7-10H2,1H3;1-2H2. The molecule has 1 heterocycles. The SMILES string of the molecule is C=C.CN1CCN(C2=CCCC=C2)CC1.CSN(Cc1ccc(F)cc1)c1cccc(C=O)c1. The van der Waals surface area contributed by atoms with Gasteiger partial charge in [0.2, 0.25) is 0 Å². The van der Waals surface area contributed by atoms with Crippen LogP contribution < -0.4 is 4.31 Å². The van der Waals surface area contributed by atoms with Crippen LogP contribution in [0.1, 0.15) is 28.8 Å². The van der Waals surface area contributed by atoms with Gasteiger partial charge in [-0.05, 0) is 55.8 Å². The molecule has 0 spiro atoms. The summed E-state index contributed by atoms with van der Waals surface area (Å²) in [5.41, 5.74) is 4.07. The molecule has 0 atom stereocenters. The van der Waals surface area contributed by atoms with E-state index in [1.807, 2.05) is 24.5 Å². The Balaban J connectivity index is 0.000000237. The summed E-state index contributed by atoms with van der Waals surface area (Å²) in [6.07, 6.45) is 12.2. The van der Waals surface area contributed by atoms with Gasteiger partial charge in [0, 0.05) is 49.4 Å². The zero-order valence-electron chi connectivity index (χ0n) is 20.3. The number of likely N-dealkylation sites (N-methyl/N-ethyl adjacent to an activating group) is 1. The highest BCUT2D eigenvalue weighted by Crippen LogP contribution is 2.24. The van der Waals surface area contributed by atoms with E-state index in [4.69, 9.17) is 0 Å². The van der Waals surface area contributed by atoms with E-state index in [9.17, 15) is 9.18 Å². The molecule has 182 valence electrons. The van der Waals surface area contributed by atoms with Crippen molar-refractivity contribution in [3.63, 3.8) is 0 Å². The van der Waals surface area contributed by atoms with Crippen molar-refractivity contribution < 1.29 is 9.18 Å². The quantitative estimate of drug-likeness (QED) is 0.278. The van der Waals surface area contributed by atoms with Crippen molar-refractivity contribution in [3.8, 4) is 0 Å². The van der Waals surface area contributed by atoms with Crippen LogP contribution in [0.2, 0.25) is 0 Å². The first kappa shape index (κ1) is 27.4. The summed E-state index contributed by atoms with van der Waals surface area (Å²) < 4.78 is 14.9. The summed E-state index contributed by atoms with van der Waals surface area (Å²) in [6, 6.07) is 13.9. The van der Waals surface area contributed by atoms with Gasteiger partial charge in [-0.1, -0.05) is 48.4 Å². The van der Waals surface area contributed by atoms with Crippen LogP contribution in [0.5, 0.6) is 0 Å². The fraction of sp³-hybridized carbons (Fsp3) is 0.321. The molecule has 1 aliphatic carbocycles. The number of anilines is 1. The second kappa shape index (κ2) is 15.1. The number of hydrogen-bond donors (Lipinski definition) is 0. The zero-order chi connectivity index (χ0) is 24.8. The summed E-state index contributed by atoms with van der Waals surface area (Å²) in [4.78, 5) is 15.7. The Morgan fingerprint density at radius 3 is 2.35 bits per heavy atom. The number of hydrogen-bond acceptors (Lipinski definition) is 5. The summed E-state index contributed by atoms with van der Waals surface area (Å²) in [6.45, 7) is 11.4. The van der Waals surface area contributed by atoms with Gasteiger partial charge in [0.05, 0.1) is 6.54 Å². The Morgan fingerprint density at radius 2 is 1.76 bits per heavy atom. The summed E-state index contributed by atoms with van der Waals surface area (Å²) in [5, 5.41) is 0. The Bertz CT molecular complexity index is 937. The lowest BCUT2D eigenvalue weighted by Gasteiger charge is -2.35. The number of piperazine rings is 1. The molecule has 0 radical (unpaired) electrons.